The normalized spacial score (nSPS) is 23.8. The fourth-order valence-electron chi connectivity index (χ4n) is 2.53. The molecule has 0 spiro atoms. The number of hydrogen-bond acceptors (Lipinski definition) is 3. The smallest absolute Gasteiger partial charge is 0.0786 e. The molecule has 0 unspecified atom stereocenters. The molecule has 1 aliphatic rings. The van der Waals surface area contributed by atoms with Crippen LogP contribution in [0, 0.1) is 0 Å². The fraction of sp³-hybridized carbons (Fsp3) is 0.571. The lowest BCUT2D eigenvalue weighted by atomic mass is 9.93. The van der Waals surface area contributed by atoms with Crippen LogP contribution in [0.2, 0.25) is 5.02 Å². The summed E-state index contributed by atoms with van der Waals surface area (Å²) >= 11 is 6.24. The Bertz CT molecular complexity index is 401. The zero-order chi connectivity index (χ0) is 13.1. The van der Waals surface area contributed by atoms with Crippen LogP contribution in [0.3, 0.4) is 0 Å². The van der Waals surface area contributed by atoms with Crippen LogP contribution in [0.15, 0.2) is 18.2 Å². The van der Waals surface area contributed by atoms with E-state index < -0.39 is 0 Å². The first-order valence-corrected chi connectivity index (χ1v) is 6.86. The van der Waals surface area contributed by atoms with E-state index in [1.807, 2.05) is 31.1 Å². The predicted molar refractivity (Wildman–Crippen MR) is 77.7 cm³/mol. The van der Waals surface area contributed by atoms with Crippen LogP contribution in [0.25, 0.3) is 0 Å². The molecule has 1 fully saturated rings. The second kappa shape index (κ2) is 5.81. The summed E-state index contributed by atoms with van der Waals surface area (Å²) in [6.07, 6.45) is 3.68. The van der Waals surface area contributed by atoms with Crippen molar-refractivity contribution in [3.05, 3.63) is 23.2 Å². The van der Waals surface area contributed by atoms with E-state index in [1.54, 1.807) is 0 Å². The second-order valence-corrected chi connectivity index (χ2v) is 5.59. The molecule has 2 N–H and O–H groups in total. The Morgan fingerprint density at radius 2 is 1.89 bits per heavy atom. The van der Waals surface area contributed by atoms with Gasteiger partial charge in [0.1, 0.15) is 0 Å². The van der Waals surface area contributed by atoms with Crippen molar-refractivity contribution in [2.75, 3.05) is 24.3 Å². The van der Waals surface area contributed by atoms with Gasteiger partial charge in [0.2, 0.25) is 0 Å². The van der Waals surface area contributed by atoms with Crippen LogP contribution >= 0.6 is 11.6 Å². The van der Waals surface area contributed by atoms with Gasteiger partial charge in [0.25, 0.3) is 0 Å². The van der Waals surface area contributed by atoms with Gasteiger partial charge < -0.3 is 15.3 Å². The van der Waals surface area contributed by atoms with Gasteiger partial charge in [-0.1, -0.05) is 17.7 Å². The Morgan fingerprint density at radius 1 is 1.22 bits per heavy atom. The highest BCUT2D eigenvalue weighted by atomic mass is 35.5. The number of nitrogens with one attached hydrogen (secondary N) is 1. The van der Waals surface area contributed by atoms with Crippen molar-refractivity contribution in [3.63, 3.8) is 0 Å². The van der Waals surface area contributed by atoms with Gasteiger partial charge in [0.15, 0.2) is 0 Å². The van der Waals surface area contributed by atoms with Crippen LogP contribution < -0.4 is 10.2 Å². The topological polar surface area (TPSA) is 35.5 Å². The molecule has 4 heteroatoms. The van der Waals surface area contributed by atoms with Crippen molar-refractivity contribution in [1.82, 2.24) is 0 Å². The van der Waals surface area contributed by atoms with E-state index in [9.17, 15) is 5.11 Å². The Balaban J connectivity index is 2.11. The van der Waals surface area contributed by atoms with E-state index in [1.165, 1.54) is 0 Å². The Kier molecular flexibility index (Phi) is 4.36. The summed E-state index contributed by atoms with van der Waals surface area (Å²) in [6.45, 7) is 0. The van der Waals surface area contributed by atoms with E-state index in [-0.39, 0.29) is 6.10 Å². The molecule has 1 aliphatic carbocycles. The molecule has 0 aromatic heterocycles. The van der Waals surface area contributed by atoms with Gasteiger partial charge >= 0.3 is 0 Å². The molecule has 0 saturated heterocycles. The van der Waals surface area contributed by atoms with Crippen molar-refractivity contribution in [3.8, 4) is 0 Å². The van der Waals surface area contributed by atoms with Gasteiger partial charge in [0, 0.05) is 20.1 Å². The summed E-state index contributed by atoms with van der Waals surface area (Å²) in [5, 5.41) is 13.8. The standard InChI is InChI=1S/C14H21ClN2O/c1-17(2)14-12(15)4-3-5-13(14)16-10-6-8-11(18)9-7-10/h3-5,10-11,16,18H,6-9H2,1-2H3. The SMILES string of the molecule is CN(C)c1c(Cl)cccc1NC1CCC(O)CC1. The number of aliphatic hydroxyl groups excluding tert-OH is 1. The average molecular weight is 269 g/mol. The Morgan fingerprint density at radius 3 is 2.50 bits per heavy atom. The van der Waals surface area contributed by atoms with Crippen LogP contribution in [-0.4, -0.2) is 31.3 Å². The molecular weight excluding hydrogens is 248 g/mol. The van der Waals surface area contributed by atoms with Gasteiger partial charge in [0.05, 0.1) is 22.5 Å². The minimum absolute atomic E-state index is 0.115. The summed E-state index contributed by atoms with van der Waals surface area (Å²) in [7, 11) is 3.99. The zero-order valence-corrected chi connectivity index (χ0v) is 11.7. The number of rotatable bonds is 3. The fourth-order valence-corrected chi connectivity index (χ4v) is 2.87. The molecule has 100 valence electrons. The Hall–Kier alpha value is -0.930. The van der Waals surface area contributed by atoms with E-state index in [0.29, 0.717) is 6.04 Å². The average Bonchev–Trinajstić information content (AvgIpc) is 2.32. The quantitative estimate of drug-likeness (QED) is 0.884. The molecular formula is C14H21ClN2O. The van der Waals surface area contributed by atoms with E-state index in [4.69, 9.17) is 11.6 Å². The third kappa shape index (κ3) is 3.09. The molecule has 1 aromatic carbocycles. The molecule has 0 aliphatic heterocycles. The van der Waals surface area contributed by atoms with Crippen LogP contribution in [0.4, 0.5) is 11.4 Å². The molecule has 0 bridgehead atoms. The molecule has 1 aromatic rings. The van der Waals surface area contributed by atoms with Gasteiger partial charge in [-0.15, -0.1) is 0 Å². The number of anilines is 2. The lowest BCUT2D eigenvalue weighted by Crippen LogP contribution is -2.29. The van der Waals surface area contributed by atoms with E-state index >= 15 is 0 Å². The van der Waals surface area contributed by atoms with Crippen molar-refractivity contribution in [1.29, 1.82) is 0 Å². The number of hydrogen-bond donors (Lipinski definition) is 2. The van der Waals surface area contributed by atoms with Crippen molar-refractivity contribution in [2.24, 2.45) is 0 Å². The third-order valence-corrected chi connectivity index (χ3v) is 3.80. The molecule has 2 rings (SSSR count). The van der Waals surface area contributed by atoms with E-state index in [0.717, 1.165) is 42.1 Å². The minimum Gasteiger partial charge on any atom is -0.393 e. The largest absolute Gasteiger partial charge is 0.393 e. The summed E-state index contributed by atoms with van der Waals surface area (Å²) < 4.78 is 0. The van der Waals surface area contributed by atoms with Crippen molar-refractivity contribution in [2.45, 2.75) is 37.8 Å². The number of nitrogens with zero attached hydrogens (tertiary/aromatic N) is 1. The van der Waals surface area contributed by atoms with Gasteiger partial charge in [-0.2, -0.15) is 0 Å². The Labute approximate surface area is 114 Å². The lowest BCUT2D eigenvalue weighted by Gasteiger charge is -2.29. The first-order valence-electron chi connectivity index (χ1n) is 6.48. The van der Waals surface area contributed by atoms with Crippen molar-refractivity contribution < 1.29 is 5.11 Å². The van der Waals surface area contributed by atoms with E-state index in [2.05, 4.69) is 11.4 Å². The second-order valence-electron chi connectivity index (χ2n) is 5.18. The van der Waals surface area contributed by atoms with Gasteiger partial charge in [-0.05, 0) is 37.8 Å². The molecule has 0 radical (unpaired) electrons. The number of benzene rings is 1. The maximum Gasteiger partial charge on any atom is 0.0786 e. The highest BCUT2D eigenvalue weighted by molar-refractivity contribution is 6.34. The maximum atomic E-state index is 9.52. The summed E-state index contributed by atoms with van der Waals surface area (Å²) in [5.41, 5.74) is 2.11. The molecule has 18 heavy (non-hydrogen) atoms. The molecule has 0 amide bonds. The first-order chi connectivity index (χ1) is 8.58. The molecule has 0 atom stereocenters. The lowest BCUT2D eigenvalue weighted by molar-refractivity contribution is 0.126. The summed E-state index contributed by atoms with van der Waals surface area (Å²) in [4.78, 5) is 2.03. The van der Waals surface area contributed by atoms with Gasteiger partial charge in [-0.3, -0.25) is 0 Å². The summed E-state index contributed by atoms with van der Waals surface area (Å²) in [5.74, 6) is 0. The van der Waals surface area contributed by atoms with Crippen LogP contribution in [0.1, 0.15) is 25.7 Å². The van der Waals surface area contributed by atoms with Crippen LogP contribution in [0.5, 0.6) is 0 Å². The first kappa shape index (κ1) is 13.5. The predicted octanol–water partition coefficient (Wildman–Crippen LogP) is 3.12. The summed E-state index contributed by atoms with van der Waals surface area (Å²) in [6, 6.07) is 6.37. The van der Waals surface area contributed by atoms with Crippen LogP contribution in [-0.2, 0) is 0 Å². The highest BCUT2D eigenvalue weighted by Crippen LogP contribution is 2.34. The number of aliphatic hydroxyl groups is 1. The molecule has 3 nitrogen and oxygen atoms in total. The molecule has 1 saturated carbocycles. The minimum atomic E-state index is -0.115. The monoisotopic (exact) mass is 268 g/mol. The molecule has 0 heterocycles. The zero-order valence-electron chi connectivity index (χ0n) is 11.0. The number of para-hydroxylation sites is 1. The third-order valence-electron chi connectivity index (χ3n) is 3.49. The highest BCUT2D eigenvalue weighted by Gasteiger charge is 2.20. The number of halogens is 1. The van der Waals surface area contributed by atoms with Gasteiger partial charge in [-0.25, -0.2) is 0 Å². The van der Waals surface area contributed by atoms with Crippen molar-refractivity contribution >= 4 is 23.0 Å². The maximum absolute atomic E-state index is 9.52.